The number of aromatic nitrogens is 2. The predicted octanol–water partition coefficient (Wildman–Crippen LogP) is 4.70. The quantitative estimate of drug-likeness (QED) is 0.257. The molecule has 2 aliphatic heterocycles. The molecule has 2 bridgehead atoms. The van der Waals surface area contributed by atoms with E-state index in [1.54, 1.807) is 32.9 Å². The molecule has 0 unspecified atom stereocenters. The van der Waals surface area contributed by atoms with Gasteiger partial charge in [-0.3, -0.25) is 19.1 Å². The van der Waals surface area contributed by atoms with Crippen molar-refractivity contribution in [3.8, 4) is 12.5 Å². The van der Waals surface area contributed by atoms with Crippen molar-refractivity contribution in [2.24, 2.45) is 11.3 Å². The molecule has 3 N–H and O–H groups in total. The third kappa shape index (κ3) is 8.06. The molecule has 5 aliphatic rings. The molecule has 16 nitrogen and oxygen atoms in total. The Labute approximate surface area is 355 Å². The fourth-order valence-corrected chi connectivity index (χ4v) is 9.58. The molecule has 2 aromatic rings. The van der Waals surface area contributed by atoms with E-state index in [-0.39, 0.29) is 36.9 Å². The van der Waals surface area contributed by atoms with Crippen LogP contribution in [0, 0.1) is 17.9 Å². The van der Waals surface area contributed by atoms with Crippen LogP contribution in [0.3, 0.4) is 0 Å². The number of para-hydroxylation sites is 2. The largest absolute Gasteiger partial charge is 0.442 e. The van der Waals surface area contributed by atoms with Gasteiger partial charge in [-0.25, -0.2) is 32.0 Å². The third-order valence-electron chi connectivity index (χ3n) is 12.5. The van der Waals surface area contributed by atoms with Crippen molar-refractivity contribution in [2.45, 2.75) is 125 Å². The van der Waals surface area contributed by atoms with Gasteiger partial charge in [-0.2, -0.15) is 8.78 Å². The van der Waals surface area contributed by atoms with Crippen molar-refractivity contribution < 1.29 is 59.4 Å². The Morgan fingerprint density at radius 1 is 1.10 bits per heavy atom. The number of nitrogens with one attached hydrogen (secondary N) is 3. The van der Waals surface area contributed by atoms with E-state index in [4.69, 9.17) is 20.8 Å². The second-order valence-electron chi connectivity index (χ2n) is 18.0. The van der Waals surface area contributed by atoms with E-state index in [0.29, 0.717) is 18.9 Å². The first-order valence-electron chi connectivity index (χ1n) is 20.1. The summed E-state index contributed by atoms with van der Waals surface area (Å²) in [5, 5.41) is 4.88. The normalized spacial score (nSPS) is 32.4. The number of amides is 4. The SMILES string of the molecule is C#[N+][C@@]12C[C@@H](C(=O)N[C@]3(C(=O)NS(=O)(=O)C4(C)CC4)C[C@H]3C(F)F)N(C1)C(=O)[C@H](C(C)(C)C)NC(=O)O[C@]1(C=C)CCC[C@H]1OC/C=C/C(F)(F)c1nc3ccccc3nc1O2. The van der Waals surface area contributed by atoms with Crippen molar-refractivity contribution in [2.75, 3.05) is 13.2 Å². The van der Waals surface area contributed by atoms with Crippen LogP contribution in [0.1, 0.15) is 78.3 Å². The van der Waals surface area contributed by atoms with E-state index in [9.17, 15) is 36.4 Å². The van der Waals surface area contributed by atoms with Crippen LogP contribution in [-0.2, 0) is 39.8 Å². The summed E-state index contributed by atoms with van der Waals surface area (Å²) in [6.45, 7) is 14.8. The Kier molecular flexibility index (Phi) is 11.1. The predicted molar refractivity (Wildman–Crippen MR) is 213 cm³/mol. The molecule has 7 rings (SSSR count). The van der Waals surface area contributed by atoms with Crippen LogP contribution in [0.4, 0.5) is 22.4 Å². The zero-order valence-corrected chi connectivity index (χ0v) is 35.3. The number of rotatable bonds is 7. The molecule has 334 valence electrons. The van der Waals surface area contributed by atoms with E-state index in [2.05, 4.69) is 32.0 Å². The molecule has 0 spiro atoms. The Bertz CT molecular complexity index is 2390. The highest BCUT2D eigenvalue weighted by Gasteiger charge is 2.69. The fraction of sp³-hybridized carbons (Fsp3) is 0.585. The Balaban J connectivity index is 1.33. The molecule has 1 saturated heterocycles. The van der Waals surface area contributed by atoms with Gasteiger partial charge in [0, 0.05) is 0 Å². The van der Waals surface area contributed by atoms with Gasteiger partial charge in [-0.1, -0.05) is 45.6 Å². The van der Waals surface area contributed by atoms with Gasteiger partial charge in [0.15, 0.2) is 11.3 Å². The number of fused-ring (bicyclic) bond motifs is 5. The highest BCUT2D eigenvalue weighted by atomic mass is 32.2. The molecular formula is C41H48F4N7O9S+. The van der Waals surface area contributed by atoms with Gasteiger partial charge in [0.2, 0.25) is 34.1 Å². The molecule has 1 aromatic heterocycles. The third-order valence-corrected chi connectivity index (χ3v) is 14.6. The fourth-order valence-electron chi connectivity index (χ4n) is 8.27. The van der Waals surface area contributed by atoms with Crippen molar-refractivity contribution in [3.63, 3.8) is 0 Å². The zero-order valence-electron chi connectivity index (χ0n) is 34.5. The molecular weight excluding hydrogens is 843 g/mol. The van der Waals surface area contributed by atoms with Crippen LogP contribution in [-0.4, -0.2) is 106 Å². The van der Waals surface area contributed by atoms with Crippen molar-refractivity contribution in [3.05, 3.63) is 59.6 Å². The Morgan fingerprint density at radius 3 is 2.37 bits per heavy atom. The van der Waals surface area contributed by atoms with Crippen molar-refractivity contribution in [1.82, 2.24) is 30.2 Å². The number of alkyl carbamates (subject to hydrolysis) is 1. The Hall–Kier alpha value is -5.36. The summed E-state index contributed by atoms with van der Waals surface area (Å²) in [4.78, 5) is 70.1. The first-order chi connectivity index (χ1) is 28.9. The van der Waals surface area contributed by atoms with Gasteiger partial charge in [0.25, 0.3) is 12.5 Å². The molecule has 4 fully saturated rings. The Morgan fingerprint density at radius 2 is 1.77 bits per heavy atom. The van der Waals surface area contributed by atoms with Crippen LogP contribution in [0.2, 0.25) is 0 Å². The number of alkyl halides is 4. The van der Waals surface area contributed by atoms with E-state index >= 15 is 8.78 Å². The summed E-state index contributed by atoms with van der Waals surface area (Å²) < 4.78 is 106. The topological polar surface area (TPSA) is 200 Å². The number of hydrogen-bond acceptors (Lipinski definition) is 11. The first-order valence-corrected chi connectivity index (χ1v) is 21.6. The number of hydrogen-bond donors (Lipinski definition) is 3. The lowest BCUT2D eigenvalue weighted by Gasteiger charge is -2.37. The van der Waals surface area contributed by atoms with Crippen LogP contribution < -0.4 is 20.1 Å². The molecule has 4 amide bonds. The average Bonchev–Trinajstić information content (AvgIpc) is 4.05. The van der Waals surface area contributed by atoms with Gasteiger partial charge in [-0.15, -0.1) is 0 Å². The van der Waals surface area contributed by atoms with Gasteiger partial charge in [-0.05, 0) is 80.0 Å². The van der Waals surface area contributed by atoms with E-state index < -0.39 is 128 Å². The van der Waals surface area contributed by atoms with Gasteiger partial charge in [0.1, 0.15) is 36.7 Å². The second-order valence-corrected chi connectivity index (χ2v) is 20.1. The molecule has 3 aliphatic carbocycles. The zero-order chi connectivity index (χ0) is 45.3. The lowest BCUT2D eigenvalue weighted by molar-refractivity contribution is -0.143. The first kappa shape index (κ1) is 44.7. The summed E-state index contributed by atoms with van der Waals surface area (Å²) in [7, 11) is -4.36. The minimum absolute atomic E-state index is 0.0578. The molecule has 1 aromatic carbocycles. The number of ether oxygens (including phenoxy) is 3. The van der Waals surface area contributed by atoms with Gasteiger partial charge < -0.3 is 29.7 Å². The second kappa shape index (κ2) is 15.5. The molecule has 7 atom stereocenters. The lowest BCUT2D eigenvalue weighted by Crippen LogP contribution is -2.61. The maximum absolute atomic E-state index is 16.4. The van der Waals surface area contributed by atoms with Gasteiger partial charge >= 0.3 is 17.7 Å². The van der Waals surface area contributed by atoms with E-state index in [1.807, 2.05) is 4.72 Å². The maximum Gasteiger partial charge on any atom is 0.442 e. The van der Waals surface area contributed by atoms with Crippen molar-refractivity contribution in [1.29, 1.82) is 0 Å². The summed E-state index contributed by atoms with van der Waals surface area (Å²) in [5.41, 5.74) is -8.13. The number of halogens is 4. The lowest BCUT2D eigenvalue weighted by atomic mass is 9.85. The van der Waals surface area contributed by atoms with Crippen molar-refractivity contribution >= 4 is 44.9 Å². The van der Waals surface area contributed by atoms with Crippen LogP contribution >= 0.6 is 0 Å². The average molecular weight is 891 g/mol. The van der Waals surface area contributed by atoms with Crippen LogP contribution in [0.15, 0.2) is 49.1 Å². The highest BCUT2D eigenvalue weighted by Crippen LogP contribution is 2.50. The monoisotopic (exact) mass is 890 g/mol. The molecule has 3 heterocycles. The number of carbonyl (C=O) groups is 4. The highest BCUT2D eigenvalue weighted by molar-refractivity contribution is 7.91. The van der Waals surface area contributed by atoms with Crippen LogP contribution in [0.5, 0.6) is 5.88 Å². The summed E-state index contributed by atoms with van der Waals surface area (Å²) in [6.07, 6.45) is -2.01. The molecule has 3 saturated carbocycles. The summed E-state index contributed by atoms with van der Waals surface area (Å²) in [6, 6.07) is 2.72. The standard InChI is InChI=1S/C41H47F4N7O9S/c1-7-38-15-10-14-27(38)59-19-11-16-41(44,45)28-32(48-25-13-9-8-12-24(25)47-28)60-39(46-6)21-26(52(22-39)33(54)29(36(2,3)4)49-35(56)61-38)31(53)50-40(20-23(40)30(42)43)34(55)51-62(57,58)37(5)17-18-37/h6-9,11-13,16,23,26-27,29-30H,1,10,14-15,17-22H2,2-5H3,(H2-,49,50,51,53,55,56)/p+1/b16-11+/t23-,26-,27+,29+,38+,39+,40+/m0/s1. The minimum atomic E-state index is -4.36. The number of sulfonamides is 1. The van der Waals surface area contributed by atoms with E-state index in [0.717, 1.165) is 11.0 Å². The maximum atomic E-state index is 16.4. The summed E-state index contributed by atoms with van der Waals surface area (Å²) in [5.74, 6) is -10.1. The molecule has 0 radical (unpaired) electrons. The summed E-state index contributed by atoms with van der Waals surface area (Å²) >= 11 is 0. The van der Waals surface area contributed by atoms with Gasteiger partial charge in [0.05, 0.1) is 28.3 Å². The van der Waals surface area contributed by atoms with Crippen LogP contribution in [0.25, 0.3) is 15.9 Å². The molecule has 21 heteroatoms. The smallest absolute Gasteiger partial charge is 0.436 e. The minimum Gasteiger partial charge on any atom is -0.436 e. The molecule has 62 heavy (non-hydrogen) atoms. The number of benzene rings is 1. The number of nitrogens with zero attached hydrogens (tertiary/aromatic N) is 4. The van der Waals surface area contributed by atoms with E-state index in [1.165, 1.54) is 25.1 Å². The number of allylic oxidation sites excluding steroid dienone is 1. The number of carbonyl (C=O) groups excluding carboxylic acids is 4.